The van der Waals surface area contributed by atoms with Crippen molar-refractivity contribution in [2.45, 2.75) is 46.5 Å². The van der Waals surface area contributed by atoms with Crippen molar-refractivity contribution in [3.05, 3.63) is 30.2 Å². The number of rotatable bonds is 5. The topological polar surface area (TPSA) is 62.6 Å². The molecule has 0 aromatic carbocycles. The first-order valence-corrected chi connectivity index (χ1v) is 7.79. The summed E-state index contributed by atoms with van der Waals surface area (Å²) in [4.78, 5) is 16.8. The quantitative estimate of drug-likeness (QED) is 0.782. The zero-order valence-corrected chi connectivity index (χ0v) is 14.3. The Labute approximate surface area is 136 Å². The van der Waals surface area contributed by atoms with E-state index in [4.69, 9.17) is 14.2 Å². The van der Waals surface area contributed by atoms with E-state index in [9.17, 15) is 4.79 Å². The average molecular weight is 320 g/mol. The standard InChI is InChI=1S/C17H24N2O4/c1-6-21-15(22-7-2)14-10-12-11-18-9-8-13(12)19(14)16(20)23-17(3,4)5/h8-11,15H,6-7H2,1-5H3. The molecular formula is C17H24N2O4. The van der Waals surface area contributed by atoms with Crippen LogP contribution in [0.2, 0.25) is 0 Å². The summed E-state index contributed by atoms with van der Waals surface area (Å²) in [6, 6.07) is 3.62. The summed E-state index contributed by atoms with van der Waals surface area (Å²) in [5.41, 5.74) is 0.727. The summed E-state index contributed by atoms with van der Waals surface area (Å²) in [6.45, 7) is 10.2. The van der Waals surface area contributed by atoms with Gasteiger partial charge in [-0.3, -0.25) is 4.98 Å². The van der Waals surface area contributed by atoms with Gasteiger partial charge in [0, 0.05) is 31.0 Å². The molecule has 0 radical (unpaired) electrons. The first-order chi connectivity index (χ1) is 10.9. The van der Waals surface area contributed by atoms with Gasteiger partial charge in [0.25, 0.3) is 0 Å². The van der Waals surface area contributed by atoms with Crippen LogP contribution >= 0.6 is 0 Å². The Bertz CT molecular complexity index is 667. The number of aromatic nitrogens is 2. The predicted octanol–water partition coefficient (Wildman–Crippen LogP) is 3.89. The van der Waals surface area contributed by atoms with Gasteiger partial charge in [-0.25, -0.2) is 9.36 Å². The van der Waals surface area contributed by atoms with Crippen molar-refractivity contribution in [1.82, 2.24) is 9.55 Å². The van der Waals surface area contributed by atoms with Crippen LogP contribution in [-0.4, -0.2) is 34.5 Å². The van der Waals surface area contributed by atoms with Crippen molar-refractivity contribution in [1.29, 1.82) is 0 Å². The number of hydrogen-bond acceptors (Lipinski definition) is 5. The molecule has 0 aliphatic rings. The molecule has 0 N–H and O–H groups in total. The largest absolute Gasteiger partial charge is 0.443 e. The average Bonchev–Trinajstić information content (AvgIpc) is 2.84. The van der Waals surface area contributed by atoms with Crippen LogP contribution < -0.4 is 0 Å². The van der Waals surface area contributed by atoms with E-state index in [2.05, 4.69) is 4.98 Å². The number of hydrogen-bond donors (Lipinski definition) is 0. The van der Waals surface area contributed by atoms with Gasteiger partial charge in [0.05, 0.1) is 11.2 Å². The summed E-state index contributed by atoms with van der Waals surface area (Å²) < 4.78 is 18.3. The molecular weight excluding hydrogens is 296 g/mol. The molecule has 2 heterocycles. The van der Waals surface area contributed by atoms with Gasteiger partial charge in [0.2, 0.25) is 0 Å². The number of ether oxygens (including phenoxy) is 3. The van der Waals surface area contributed by atoms with Gasteiger partial charge in [-0.2, -0.15) is 0 Å². The Kier molecular flexibility index (Phi) is 5.38. The third-order valence-electron chi connectivity index (χ3n) is 3.08. The van der Waals surface area contributed by atoms with Gasteiger partial charge in [-0.05, 0) is 46.8 Å². The molecule has 0 amide bonds. The van der Waals surface area contributed by atoms with E-state index in [0.717, 1.165) is 5.39 Å². The lowest BCUT2D eigenvalue weighted by Crippen LogP contribution is -2.29. The Hall–Kier alpha value is -1.92. The van der Waals surface area contributed by atoms with Gasteiger partial charge in [-0.1, -0.05) is 0 Å². The maximum absolute atomic E-state index is 12.7. The highest BCUT2D eigenvalue weighted by Gasteiger charge is 2.26. The van der Waals surface area contributed by atoms with Gasteiger partial charge >= 0.3 is 6.09 Å². The predicted molar refractivity (Wildman–Crippen MR) is 87.4 cm³/mol. The summed E-state index contributed by atoms with van der Waals surface area (Å²) in [5, 5.41) is 0.831. The van der Waals surface area contributed by atoms with Gasteiger partial charge in [0.1, 0.15) is 5.60 Å². The molecule has 6 nitrogen and oxygen atoms in total. The number of fused-ring (bicyclic) bond motifs is 1. The van der Waals surface area contributed by atoms with Crippen LogP contribution in [0.15, 0.2) is 24.5 Å². The number of carbonyl (C=O) groups is 1. The fourth-order valence-corrected chi connectivity index (χ4v) is 2.28. The summed E-state index contributed by atoms with van der Waals surface area (Å²) >= 11 is 0. The molecule has 6 heteroatoms. The number of pyridine rings is 1. The van der Waals surface area contributed by atoms with Crippen LogP contribution in [0.4, 0.5) is 4.79 Å². The van der Waals surface area contributed by atoms with Gasteiger partial charge in [-0.15, -0.1) is 0 Å². The van der Waals surface area contributed by atoms with Crippen molar-refractivity contribution >= 4 is 17.0 Å². The molecule has 126 valence electrons. The van der Waals surface area contributed by atoms with E-state index in [0.29, 0.717) is 24.4 Å². The van der Waals surface area contributed by atoms with Crippen molar-refractivity contribution in [3.63, 3.8) is 0 Å². The zero-order valence-electron chi connectivity index (χ0n) is 14.3. The first-order valence-electron chi connectivity index (χ1n) is 7.79. The van der Waals surface area contributed by atoms with Crippen molar-refractivity contribution in [2.75, 3.05) is 13.2 Å². The van der Waals surface area contributed by atoms with Crippen LogP contribution in [0, 0.1) is 0 Å². The third-order valence-corrected chi connectivity index (χ3v) is 3.08. The minimum absolute atomic E-state index is 0.460. The Morgan fingerprint density at radius 2 is 1.91 bits per heavy atom. The molecule has 23 heavy (non-hydrogen) atoms. The number of nitrogens with zero attached hydrogens (tertiary/aromatic N) is 2. The van der Waals surface area contributed by atoms with Gasteiger partial charge < -0.3 is 14.2 Å². The fraction of sp³-hybridized carbons (Fsp3) is 0.529. The lowest BCUT2D eigenvalue weighted by molar-refractivity contribution is -0.143. The van der Waals surface area contributed by atoms with Crippen molar-refractivity contribution in [3.8, 4) is 0 Å². The monoisotopic (exact) mass is 320 g/mol. The molecule has 2 aromatic heterocycles. The first kappa shape index (κ1) is 17.4. The van der Waals surface area contributed by atoms with Crippen molar-refractivity contribution < 1.29 is 19.0 Å². The van der Waals surface area contributed by atoms with Gasteiger partial charge in [0.15, 0.2) is 6.29 Å². The Morgan fingerprint density at radius 3 is 2.48 bits per heavy atom. The molecule has 0 saturated carbocycles. The highest BCUT2D eigenvalue weighted by Crippen LogP contribution is 2.28. The van der Waals surface area contributed by atoms with Crippen LogP contribution in [-0.2, 0) is 14.2 Å². The highest BCUT2D eigenvalue weighted by molar-refractivity contribution is 5.90. The molecule has 0 atom stereocenters. The zero-order chi connectivity index (χ0) is 17.0. The van der Waals surface area contributed by atoms with Crippen LogP contribution in [0.25, 0.3) is 10.9 Å². The van der Waals surface area contributed by atoms with Crippen LogP contribution in [0.1, 0.15) is 46.6 Å². The molecule has 0 aliphatic heterocycles. The van der Waals surface area contributed by atoms with E-state index in [1.54, 1.807) is 18.5 Å². The Balaban J connectivity index is 2.54. The van der Waals surface area contributed by atoms with E-state index in [1.165, 1.54) is 4.57 Å². The molecule has 0 fully saturated rings. The maximum atomic E-state index is 12.7. The summed E-state index contributed by atoms with van der Waals surface area (Å²) in [5.74, 6) is 0. The third kappa shape index (κ3) is 4.09. The van der Waals surface area contributed by atoms with Crippen LogP contribution in [0.3, 0.4) is 0 Å². The van der Waals surface area contributed by atoms with E-state index < -0.39 is 18.0 Å². The molecule has 0 aliphatic carbocycles. The second-order valence-corrected chi connectivity index (χ2v) is 6.06. The smallest absolute Gasteiger partial charge is 0.419 e. The van der Waals surface area contributed by atoms with E-state index >= 15 is 0 Å². The highest BCUT2D eigenvalue weighted by atomic mass is 16.7. The molecule has 0 spiro atoms. The SMILES string of the molecule is CCOC(OCC)c1cc2cnccc2n1C(=O)OC(C)(C)C. The second kappa shape index (κ2) is 7.10. The fourth-order valence-electron chi connectivity index (χ4n) is 2.28. The molecule has 0 bridgehead atoms. The summed E-state index contributed by atoms with van der Waals surface area (Å²) in [6.07, 6.45) is 2.25. The number of carbonyl (C=O) groups excluding carboxylic acids is 1. The minimum Gasteiger partial charge on any atom is -0.443 e. The van der Waals surface area contributed by atoms with Crippen molar-refractivity contribution in [2.24, 2.45) is 0 Å². The molecule has 2 rings (SSSR count). The van der Waals surface area contributed by atoms with E-state index in [-0.39, 0.29) is 0 Å². The lowest BCUT2D eigenvalue weighted by atomic mass is 10.2. The minimum atomic E-state index is -0.634. The summed E-state index contributed by atoms with van der Waals surface area (Å²) in [7, 11) is 0. The molecule has 0 unspecified atom stereocenters. The van der Waals surface area contributed by atoms with E-state index in [1.807, 2.05) is 40.7 Å². The normalized spacial score (nSPS) is 12.1. The van der Waals surface area contributed by atoms with Crippen LogP contribution in [0.5, 0.6) is 0 Å². The second-order valence-electron chi connectivity index (χ2n) is 6.06. The molecule has 0 saturated heterocycles. The maximum Gasteiger partial charge on any atom is 0.419 e. The molecule has 2 aromatic rings. The lowest BCUT2D eigenvalue weighted by Gasteiger charge is -2.23. The Morgan fingerprint density at radius 1 is 1.26 bits per heavy atom.